The lowest BCUT2D eigenvalue weighted by molar-refractivity contribution is 0.249. The molecule has 4 nitrogen and oxygen atoms in total. The summed E-state index contributed by atoms with van der Waals surface area (Å²) >= 11 is 0. The van der Waals surface area contributed by atoms with Crippen LogP contribution in [0.5, 0.6) is 0 Å². The molecule has 2 aliphatic rings. The lowest BCUT2D eigenvalue weighted by atomic mass is 10.0. The fourth-order valence-corrected chi connectivity index (χ4v) is 3.59. The van der Waals surface area contributed by atoms with Gasteiger partial charge in [-0.3, -0.25) is 4.90 Å². The van der Waals surface area contributed by atoms with Crippen molar-refractivity contribution in [2.45, 2.75) is 25.3 Å². The minimum Gasteiger partial charge on any atom is -0.354 e. The summed E-state index contributed by atoms with van der Waals surface area (Å²) in [6, 6.07) is 12.9. The summed E-state index contributed by atoms with van der Waals surface area (Å²) in [7, 11) is 0. The van der Waals surface area contributed by atoms with Crippen LogP contribution in [-0.2, 0) is 6.54 Å². The molecular formula is C20H24N4. The highest BCUT2D eigenvalue weighted by Crippen LogP contribution is 2.29. The van der Waals surface area contributed by atoms with Crippen molar-refractivity contribution < 1.29 is 0 Å². The van der Waals surface area contributed by atoms with Crippen molar-refractivity contribution in [3.05, 3.63) is 66.1 Å². The van der Waals surface area contributed by atoms with Crippen LogP contribution in [0.4, 0.5) is 5.82 Å². The van der Waals surface area contributed by atoms with Gasteiger partial charge >= 0.3 is 0 Å². The van der Waals surface area contributed by atoms with Crippen LogP contribution in [0.15, 0.2) is 54.9 Å². The first-order valence-corrected chi connectivity index (χ1v) is 8.86. The number of anilines is 1. The Hall–Kier alpha value is -2.20. The fraction of sp³-hybridized carbons (Fsp3) is 0.400. The number of nitrogens with zero attached hydrogens (tertiary/aromatic N) is 4. The number of aromatic nitrogens is 2. The predicted octanol–water partition coefficient (Wildman–Crippen LogP) is 3.23. The monoisotopic (exact) mass is 320 g/mol. The summed E-state index contributed by atoms with van der Waals surface area (Å²) < 4.78 is 0. The van der Waals surface area contributed by atoms with Crippen molar-refractivity contribution in [3.8, 4) is 0 Å². The van der Waals surface area contributed by atoms with E-state index in [0.29, 0.717) is 5.92 Å². The number of piperazine rings is 1. The highest BCUT2D eigenvalue weighted by atomic mass is 15.3. The van der Waals surface area contributed by atoms with E-state index in [1.165, 1.54) is 11.3 Å². The zero-order valence-electron chi connectivity index (χ0n) is 14.0. The Morgan fingerprint density at radius 1 is 0.917 bits per heavy atom. The van der Waals surface area contributed by atoms with Crippen LogP contribution < -0.4 is 4.90 Å². The minimum absolute atomic E-state index is 0.547. The molecule has 0 unspecified atom stereocenters. The first-order valence-electron chi connectivity index (χ1n) is 8.86. The van der Waals surface area contributed by atoms with Crippen molar-refractivity contribution in [1.82, 2.24) is 14.9 Å². The number of rotatable bonds is 4. The Bertz CT molecular complexity index is 682. The van der Waals surface area contributed by atoms with Gasteiger partial charge in [0.2, 0.25) is 0 Å². The second-order valence-electron chi connectivity index (χ2n) is 6.69. The van der Waals surface area contributed by atoms with Crippen LogP contribution >= 0.6 is 0 Å². The van der Waals surface area contributed by atoms with Gasteiger partial charge in [0, 0.05) is 50.4 Å². The molecule has 1 aliphatic carbocycles. The molecule has 4 rings (SSSR count). The predicted molar refractivity (Wildman–Crippen MR) is 97.1 cm³/mol. The van der Waals surface area contributed by atoms with Crippen LogP contribution in [0.25, 0.3) is 0 Å². The topological polar surface area (TPSA) is 32.3 Å². The van der Waals surface area contributed by atoms with E-state index < -0.39 is 0 Å². The summed E-state index contributed by atoms with van der Waals surface area (Å²) in [4.78, 5) is 13.9. The van der Waals surface area contributed by atoms with E-state index in [-0.39, 0.29) is 0 Å². The average molecular weight is 320 g/mol. The molecule has 0 saturated carbocycles. The molecule has 1 fully saturated rings. The second-order valence-corrected chi connectivity index (χ2v) is 6.69. The molecule has 1 aromatic carbocycles. The molecule has 24 heavy (non-hydrogen) atoms. The molecule has 0 N–H and O–H groups in total. The Kier molecular flexibility index (Phi) is 4.56. The minimum atomic E-state index is 0.547. The third kappa shape index (κ3) is 3.49. The van der Waals surface area contributed by atoms with Gasteiger partial charge in [0.25, 0.3) is 0 Å². The van der Waals surface area contributed by atoms with Crippen molar-refractivity contribution in [2.75, 3.05) is 31.1 Å². The van der Waals surface area contributed by atoms with E-state index >= 15 is 0 Å². The van der Waals surface area contributed by atoms with Crippen molar-refractivity contribution >= 4 is 5.82 Å². The lowest BCUT2D eigenvalue weighted by Gasteiger charge is -2.35. The molecule has 0 radical (unpaired) electrons. The van der Waals surface area contributed by atoms with E-state index in [1.807, 2.05) is 0 Å². The summed E-state index contributed by atoms with van der Waals surface area (Å²) in [5.41, 5.74) is 2.58. The SMILES string of the molecule is C1=CCC(c2cc(N3CCN(Cc4ccccc4)CC3)ncn2)C1. The smallest absolute Gasteiger partial charge is 0.132 e. The van der Waals surface area contributed by atoms with E-state index in [9.17, 15) is 0 Å². The maximum Gasteiger partial charge on any atom is 0.132 e. The van der Waals surface area contributed by atoms with Crippen LogP contribution in [-0.4, -0.2) is 41.0 Å². The van der Waals surface area contributed by atoms with E-state index in [2.05, 4.69) is 68.3 Å². The van der Waals surface area contributed by atoms with Gasteiger partial charge in [-0.15, -0.1) is 0 Å². The summed E-state index contributed by atoms with van der Waals surface area (Å²) in [6.45, 7) is 5.27. The molecule has 1 saturated heterocycles. The molecule has 1 aliphatic heterocycles. The number of allylic oxidation sites excluding steroid dienone is 2. The molecule has 0 amide bonds. The Balaban J connectivity index is 1.36. The third-order valence-electron chi connectivity index (χ3n) is 5.05. The maximum atomic E-state index is 4.52. The van der Waals surface area contributed by atoms with Gasteiger partial charge in [-0.05, 0) is 18.4 Å². The first-order chi connectivity index (χ1) is 11.9. The van der Waals surface area contributed by atoms with Gasteiger partial charge < -0.3 is 4.90 Å². The standard InChI is InChI=1S/C20H24N4/c1-2-6-17(7-3-1)15-23-10-12-24(13-11-23)20-14-19(21-16-22-20)18-8-4-5-9-18/h1-7,14,16,18H,8-13,15H2. The average Bonchev–Trinajstić information content (AvgIpc) is 3.18. The maximum absolute atomic E-state index is 4.52. The van der Waals surface area contributed by atoms with Crippen LogP contribution in [0, 0.1) is 0 Å². The number of hydrogen-bond acceptors (Lipinski definition) is 4. The van der Waals surface area contributed by atoms with Gasteiger partial charge in [-0.1, -0.05) is 42.5 Å². The quantitative estimate of drug-likeness (QED) is 0.810. The van der Waals surface area contributed by atoms with Crippen molar-refractivity contribution in [2.24, 2.45) is 0 Å². The highest BCUT2D eigenvalue weighted by molar-refractivity contribution is 5.40. The zero-order valence-corrected chi connectivity index (χ0v) is 14.0. The van der Waals surface area contributed by atoms with Gasteiger partial charge in [-0.2, -0.15) is 0 Å². The molecule has 2 heterocycles. The summed E-state index contributed by atoms with van der Waals surface area (Å²) in [6.07, 6.45) is 8.48. The van der Waals surface area contributed by atoms with Gasteiger partial charge in [0.1, 0.15) is 12.1 Å². The Morgan fingerprint density at radius 2 is 1.67 bits per heavy atom. The number of hydrogen-bond donors (Lipinski definition) is 0. The molecular weight excluding hydrogens is 296 g/mol. The Labute approximate surface area is 143 Å². The molecule has 124 valence electrons. The van der Waals surface area contributed by atoms with Crippen LogP contribution in [0.1, 0.15) is 30.0 Å². The van der Waals surface area contributed by atoms with E-state index in [4.69, 9.17) is 0 Å². The van der Waals surface area contributed by atoms with Gasteiger partial charge in [0.15, 0.2) is 0 Å². The van der Waals surface area contributed by atoms with Crippen molar-refractivity contribution in [1.29, 1.82) is 0 Å². The molecule has 2 aromatic rings. The molecule has 0 bridgehead atoms. The van der Waals surface area contributed by atoms with Crippen LogP contribution in [0.3, 0.4) is 0 Å². The van der Waals surface area contributed by atoms with Crippen molar-refractivity contribution in [3.63, 3.8) is 0 Å². The summed E-state index contributed by atoms with van der Waals surface area (Å²) in [5, 5.41) is 0. The normalized spacial score (nSPS) is 19.1. The Morgan fingerprint density at radius 3 is 2.42 bits per heavy atom. The molecule has 0 spiro atoms. The first kappa shape index (κ1) is 15.3. The highest BCUT2D eigenvalue weighted by Gasteiger charge is 2.20. The molecule has 1 aromatic heterocycles. The summed E-state index contributed by atoms with van der Waals surface area (Å²) in [5.74, 6) is 1.64. The molecule has 4 heteroatoms. The third-order valence-corrected chi connectivity index (χ3v) is 5.05. The van der Waals surface area contributed by atoms with E-state index in [0.717, 1.165) is 51.4 Å². The van der Waals surface area contributed by atoms with E-state index in [1.54, 1.807) is 6.33 Å². The van der Waals surface area contributed by atoms with Crippen LogP contribution in [0.2, 0.25) is 0 Å². The second kappa shape index (κ2) is 7.14. The van der Waals surface area contributed by atoms with Gasteiger partial charge in [-0.25, -0.2) is 9.97 Å². The largest absolute Gasteiger partial charge is 0.354 e. The van der Waals surface area contributed by atoms with Gasteiger partial charge in [0.05, 0.1) is 0 Å². The lowest BCUT2D eigenvalue weighted by Crippen LogP contribution is -2.46. The molecule has 0 atom stereocenters. The zero-order chi connectivity index (χ0) is 16.2. The number of benzene rings is 1. The fourth-order valence-electron chi connectivity index (χ4n) is 3.59.